The third-order valence-electron chi connectivity index (χ3n) is 2.80. The molecule has 1 atom stereocenters. The van der Waals surface area contributed by atoms with Gasteiger partial charge in [-0.3, -0.25) is 0 Å². The fourth-order valence-electron chi connectivity index (χ4n) is 1.93. The van der Waals surface area contributed by atoms with Crippen molar-refractivity contribution in [1.29, 1.82) is 0 Å². The van der Waals surface area contributed by atoms with Gasteiger partial charge in [-0.25, -0.2) is 4.39 Å². The zero-order valence-corrected chi connectivity index (χ0v) is 10.9. The van der Waals surface area contributed by atoms with Gasteiger partial charge in [-0.2, -0.15) is 0 Å². The fraction of sp³-hybridized carbons (Fsp3) is 0.571. The second-order valence-corrected chi connectivity index (χ2v) is 4.54. The molecule has 0 amide bonds. The lowest BCUT2D eigenvalue weighted by Gasteiger charge is -2.16. The molecule has 0 saturated heterocycles. The molecule has 1 aromatic carbocycles. The first kappa shape index (κ1) is 14.0. The third-order valence-corrected chi connectivity index (χ3v) is 2.80. The Bertz CT molecular complexity index is 352. The van der Waals surface area contributed by atoms with Crippen molar-refractivity contribution in [3.63, 3.8) is 0 Å². The molecule has 0 aliphatic heterocycles. The van der Waals surface area contributed by atoms with Gasteiger partial charge in [-0.1, -0.05) is 13.0 Å². The van der Waals surface area contributed by atoms with E-state index in [2.05, 4.69) is 6.92 Å². The molecule has 2 N–H and O–H groups in total. The van der Waals surface area contributed by atoms with Crippen LogP contribution in [0.25, 0.3) is 0 Å². The number of benzene rings is 1. The summed E-state index contributed by atoms with van der Waals surface area (Å²) < 4.78 is 19.2. The van der Waals surface area contributed by atoms with E-state index >= 15 is 0 Å². The first-order valence-electron chi connectivity index (χ1n) is 6.24. The molecule has 1 rings (SSSR count). The molecule has 0 aliphatic carbocycles. The van der Waals surface area contributed by atoms with E-state index in [0.29, 0.717) is 18.2 Å². The number of halogens is 1. The van der Waals surface area contributed by atoms with Crippen LogP contribution in [-0.2, 0) is 0 Å². The van der Waals surface area contributed by atoms with Gasteiger partial charge in [0.1, 0.15) is 0 Å². The quantitative estimate of drug-likeness (QED) is 0.825. The van der Waals surface area contributed by atoms with Crippen LogP contribution in [0, 0.1) is 5.82 Å². The average Bonchev–Trinajstić information content (AvgIpc) is 2.28. The van der Waals surface area contributed by atoms with Crippen molar-refractivity contribution in [3.8, 4) is 5.75 Å². The highest BCUT2D eigenvalue weighted by Gasteiger charge is 2.12. The van der Waals surface area contributed by atoms with Crippen molar-refractivity contribution in [2.75, 3.05) is 6.54 Å². The van der Waals surface area contributed by atoms with Crippen molar-refractivity contribution < 1.29 is 9.13 Å². The maximum Gasteiger partial charge on any atom is 0.165 e. The van der Waals surface area contributed by atoms with Crippen LogP contribution in [0.15, 0.2) is 18.2 Å². The number of hydrogen-bond donors (Lipinski definition) is 1. The highest BCUT2D eigenvalue weighted by molar-refractivity contribution is 5.31. The number of rotatable bonds is 6. The number of hydrogen-bond acceptors (Lipinski definition) is 2. The Morgan fingerprint density at radius 3 is 2.53 bits per heavy atom. The van der Waals surface area contributed by atoms with E-state index in [9.17, 15) is 4.39 Å². The summed E-state index contributed by atoms with van der Waals surface area (Å²) >= 11 is 0. The van der Waals surface area contributed by atoms with E-state index in [0.717, 1.165) is 18.4 Å². The van der Waals surface area contributed by atoms with Gasteiger partial charge in [0.05, 0.1) is 6.10 Å². The van der Waals surface area contributed by atoms with E-state index in [1.54, 1.807) is 12.1 Å². The molecule has 0 fully saturated rings. The summed E-state index contributed by atoms with van der Waals surface area (Å²) in [4.78, 5) is 0. The molecule has 0 bridgehead atoms. The van der Waals surface area contributed by atoms with Crippen LogP contribution in [0.1, 0.15) is 45.1 Å². The zero-order valence-electron chi connectivity index (χ0n) is 10.9. The Kier molecular flexibility index (Phi) is 5.42. The summed E-state index contributed by atoms with van der Waals surface area (Å²) in [7, 11) is 0. The summed E-state index contributed by atoms with van der Waals surface area (Å²) in [6.45, 7) is 6.49. The maximum absolute atomic E-state index is 13.8. The van der Waals surface area contributed by atoms with Crippen LogP contribution in [-0.4, -0.2) is 12.6 Å². The standard InChI is InChI=1S/C14H22FNO/c1-4-11(7-8-16)12-5-6-14(13(15)9-12)17-10(2)3/h5-6,9-11H,4,7-8,16H2,1-3H3. The van der Waals surface area contributed by atoms with Crippen molar-refractivity contribution in [3.05, 3.63) is 29.6 Å². The molecule has 3 heteroatoms. The Morgan fingerprint density at radius 2 is 2.06 bits per heavy atom. The smallest absolute Gasteiger partial charge is 0.165 e. The van der Waals surface area contributed by atoms with Crippen molar-refractivity contribution in [2.45, 2.75) is 45.6 Å². The van der Waals surface area contributed by atoms with E-state index in [-0.39, 0.29) is 11.9 Å². The van der Waals surface area contributed by atoms with Crippen molar-refractivity contribution >= 4 is 0 Å². The predicted molar refractivity (Wildman–Crippen MR) is 68.9 cm³/mol. The molecule has 0 radical (unpaired) electrons. The molecule has 0 aromatic heterocycles. The molecular formula is C14H22FNO. The van der Waals surface area contributed by atoms with Crippen molar-refractivity contribution in [1.82, 2.24) is 0 Å². The Balaban J connectivity index is 2.86. The van der Waals surface area contributed by atoms with Gasteiger partial charge in [0.2, 0.25) is 0 Å². The molecule has 96 valence electrons. The minimum atomic E-state index is -0.285. The summed E-state index contributed by atoms with van der Waals surface area (Å²) in [5.41, 5.74) is 6.56. The summed E-state index contributed by atoms with van der Waals surface area (Å²) in [6.07, 6.45) is 1.85. The lowest BCUT2D eigenvalue weighted by molar-refractivity contribution is 0.231. The third kappa shape index (κ3) is 4.00. The molecule has 0 saturated carbocycles. The minimum absolute atomic E-state index is 0.0126. The van der Waals surface area contributed by atoms with Crippen LogP contribution in [0.2, 0.25) is 0 Å². The lowest BCUT2D eigenvalue weighted by atomic mass is 9.93. The van der Waals surface area contributed by atoms with Crippen molar-refractivity contribution in [2.24, 2.45) is 5.73 Å². The summed E-state index contributed by atoms with van der Waals surface area (Å²) in [5, 5.41) is 0. The summed E-state index contributed by atoms with van der Waals surface area (Å²) in [6, 6.07) is 5.22. The molecular weight excluding hydrogens is 217 g/mol. The first-order valence-corrected chi connectivity index (χ1v) is 6.24. The number of nitrogens with two attached hydrogens (primary N) is 1. The molecule has 0 spiro atoms. The maximum atomic E-state index is 13.8. The van der Waals surface area contributed by atoms with Crippen LogP contribution >= 0.6 is 0 Å². The molecule has 0 heterocycles. The lowest BCUT2D eigenvalue weighted by Crippen LogP contribution is -2.09. The summed E-state index contributed by atoms with van der Waals surface area (Å²) in [5.74, 6) is 0.376. The molecule has 17 heavy (non-hydrogen) atoms. The van der Waals surface area contributed by atoms with Gasteiger partial charge in [0.15, 0.2) is 11.6 Å². The normalized spacial score (nSPS) is 12.8. The van der Waals surface area contributed by atoms with Crippen LogP contribution in [0.3, 0.4) is 0 Å². The molecule has 2 nitrogen and oxygen atoms in total. The monoisotopic (exact) mass is 239 g/mol. The van der Waals surface area contributed by atoms with Crippen LogP contribution in [0.4, 0.5) is 4.39 Å². The van der Waals surface area contributed by atoms with Gasteiger partial charge in [-0.05, 0) is 56.8 Å². The zero-order chi connectivity index (χ0) is 12.8. The van der Waals surface area contributed by atoms with Gasteiger partial charge in [0, 0.05) is 0 Å². The first-order chi connectivity index (χ1) is 8.08. The van der Waals surface area contributed by atoms with Crippen LogP contribution < -0.4 is 10.5 Å². The topological polar surface area (TPSA) is 35.2 Å². The van der Waals surface area contributed by atoms with E-state index < -0.39 is 0 Å². The Morgan fingerprint density at radius 1 is 1.35 bits per heavy atom. The SMILES string of the molecule is CCC(CCN)c1ccc(OC(C)C)c(F)c1. The van der Waals surface area contributed by atoms with E-state index in [1.807, 2.05) is 19.9 Å². The Hall–Kier alpha value is -1.09. The second kappa shape index (κ2) is 6.60. The van der Waals surface area contributed by atoms with Gasteiger partial charge in [0.25, 0.3) is 0 Å². The molecule has 1 aromatic rings. The van der Waals surface area contributed by atoms with E-state index in [4.69, 9.17) is 10.5 Å². The Labute approximate surface area is 103 Å². The minimum Gasteiger partial charge on any atom is -0.488 e. The highest BCUT2D eigenvalue weighted by atomic mass is 19.1. The largest absolute Gasteiger partial charge is 0.488 e. The van der Waals surface area contributed by atoms with E-state index in [1.165, 1.54) is 0 Å². The molecule has 0 aliphatic rings. The fourth-order valence-corrected chi connectivity index (χ4v) is 1.93. The van der Waals surface area contributed by atoms with Gasteiger partial charge >= 0.3 is 0 Å². The van der Waals surface area contributed by atoms with Gasteiger partial charge in [-0.15, -0.1) is 0 Å². The van der Waals surface area contributed by atoms with Crippen LogP contribution in [0.5, 0.6) is 5.75 Å². The highest BCUT2D eigenvalue weighted by Crippen LogP contribution is 2.27. The number of ether oxygens (including phenoxy) is 1. The van der Waals surface area contributed by atoms with Gasteiger partial charge < -0.3 is 10.5 Å². The average molecular weight is 239 g/mol. The predicted octanol–water partition coefficient (Wildman–Crippen LogP) is 3.46. The molecule has 1 unspecified atom stereocenters. The second-order valence-electron chi connectivity index (χ2n) is 4.54.